The van der Waals surface area contributed by atoms with Gasteiger partial charge >= 0.3 is 17.8 Å². The van der Waals surface area contributed by atoms with Gasteiger partial charge in [0.05, 0.1) is 18.8 Å². The third-order valence-corrected chi connectivity index (χ3v) is 3.70. The molecule has 8 nitrogen and oxygen atoms in total. The summed E-state index contributed by atoms with van der Waals surface area (Å²) in [6, 6.07) is 0. The Kier molecular flexibility index (Phi) is 5.89. The number of aliphatic hydroxyl groups excluding tert-OH is 1. The second-order valence-corrected chi connectivity index (χ2v) is 5.53. The van der Waals surface area contributed by atoms with Crippen molar-refractivity contribution in [2.24, 2.45) is 0 Å². The summed E-state index contributed by atoms with van der Waals surface area (Å²) in [6.45, 7) is 1.17. The minimum absolute atomic E-state index is 0.138. The van der Waals surface area contributed by atoms with E-state index in [9.17, 15) is 32.7 Å². The van der Waals surface area contributed by atoms with E-state index in [4.69, 9.17) is 4.74 Å². The van der Waals surface area contributed by atoms with Crippen molar-refractivity contribution < 1.29 is 27.8 Å². The molecule has 2 rings (SSSR count). The van der Waals surface area contributed by atoms with E-state index in [-0.39, 0.29) is 12.0 Å². The third kappa shape index (κ3) is 4.53. The maximum atomic E-state index is 12.0. The molecular weight excluding hydrogens is 359 g/mol. The average molecular weight is 375 g/mol. The highest BCUT2D eigenvalue weighted by Crippen LogP contribution is 2.29. The molecule has 1 aromatic rings. The molecule has 1 aromatic heterocycles. The first-order valence-corrected chi connectivity index (χ1v) is 7.66. The topological polar surface area (TPSA) is 113 Å². The Labute approximate surface area is 145 Å². The SMILES string of the molecule is CCC1OC(n2cc(C#CCNC(=O)C(F)(F)F)c(=O)[nH]c2=O)CC1O. The van der Waals surface area contributed by atoms with E-state index < -0.39 is 48.3 Å². The molecule has 1 fully saturated rings. The number of aliphatic hydroxyl groups is 1. The van der Waals surface area contributed by atoms with Crippen LogP contribution in [0.4, 0.5) is 13.2 Å². The summed E-state index contributed by atoms with van der Waals surface area (Å²) < 4.78 is 42.7. The first-order valence-electron chi connectivity index (χ1n) is 7.66. The fraction of sp³-hybridized carbons (Fsp3) is 0.533. The van der Waals surface area contributed by atoms with Gasteiger partial charge in [-0.1, -0.05) is 18.8 Å². The molecule has 3 N–H and O–H groups in total. The largest absolute Gasteiger partial charge is 0.471 e. The van der Waals surface area contributed by atoms with E-state index in [1.165, 1.54) is 5.32 Å². The third-order valence-electron chi connectivity index (χ3n) is 3.70. The van der Waals surface area contributed by atoms with Crippen LogP contribution in [0.5, 0.6) is 0 Å². The molecule has 1 amide bonds. The lowest BCUT2D eigenvalue weighted by Crippen LogP contribution is -2.37. The van der Waals surface area contributed by atoms with E-state index in [0.717, 1.165) is 10.8 Å². The van der Waals surface area contributed by atoms with E-state index in [1.807, 2.05) is 4.98 Å². The molecule has 0 aromatic carbocycles. The molecule has 1 aliphatic heterocycles. The molecule has 3 unspecified atom stereocenters. The van der Waals surface area contributed by atoms with Crippen LogP contribution in [0.25, 0.3) is 0 Å². The number of hydrogen-bond acceptors (Lipinski definition) is 5. The number of nitrogens with zero attached hydrogens (tertiary/aromatic N) is 1. The highest BCUT2D eigenvalue weighted by Gasteiger charge is 2.38. The van der Waals surface area contributed by atoms with Crippen LogP contribution in [0.15, 0.2) is 15.8 Å². The van der Waals surface area contributed by atoms with Crippen molar-refractivity contribution in [1.29, 1.82) is 0 Å². The number of carbonyl (C=O) groups excluding carboxylic acids is 1. The Morgan fingerprint density at radius 1 is 1.50 bits per heavy atom. The number of ether oxygens (including phenoxy) is 1. The minimum atomic E-state index is -5.02. The number of halogens is 3. The van der Waals surface area contributed by atoms with E-state index in [1.54, 1.807) is 6.92 Å². The van der Waals surface area contributed by atoms with Crippen LogP contribution in [0.2, 0.25) is 0 Å². The predicted octanol–water partition coefficient (Wildman–Crippen LogP) is -0.375. The molecule has 0 spiro atoms. The highest BCUT2D eigenvalue weighted by molar-refractivity contribution is 5.81. The molecule has 11 heteroatoms. The summed E-state index contributed by atoms with van der Waals surface area (Å²) in [5.41, 5.74) is -1.78. The summed E-state index contributed by atoms with van der Waals surface area (Å²) in [5, 5.41) is 11.4. The smallest absolute Gasteiger partial charge is 0.390 e. The Morgan fingerprint density at radius 3 is 2.77 bits per heavy atom. The molecule has 3 atom stereocenters. The second kappa shape index (κ2) is 7.76. The second-order valence-electron chi connectivity index (χ2n) is 5.53. The molecule has 2 heterocycles. The number of aromatic nitrogens is 2. The monoisotopic (exact) mass is 375 g/mol. The van der Waals surface area contributed by atoms with Crippen molar-refractivity contribution in [3.05, 3.63) is 32.6 Å². The van der Waals surface area contributed by atoms with Crippen LogP contribution in [0, 0.1) is 11.8 Å². The standard InChI is InChI=1S/C15H16F3N3O5/c1-2-10-9(22)6-11(26-10)21-7-8(12(23)20-14(21)25)4-3-5-19-13(24)15(16,17)18/h7,9-11,22H,2,5-6H2,1H3,(H,19,24)(H,20,23,25). The average Bonchev–Trinajstić information content (AvgIpc) is 2.92. The van der Waals surface area contributed by atoms with Gasteiger partial charge in [-0.15, -0.1) is 0 Å². The van der Waals surface area contributed by atoms with Gasteiger partial charge in [-0.3, -0.25) is 19.1 Å². The van der Waals surface area contributed by atoms with Crippen molar-refractivity contribution in [3.63, 3.8) is 0 Å². The van der Waals surface area contributed by atoms with Crippen LogP contribution < -0.4 is 16.6 Å². The molecule has 1 aliphatic rings. The molecule has 0 bridgehead atoms. The Balaban J connectivity index is 2.17. The summed E-state index contributed by atoms with van der Waals surface area (Å²) in [4.78, 5) is 36.4. The van der Waals surface area contributed by atoms with Gasteiger partial charge < -0.3 is 15.2 Å². The number of aromatic amines is 1. The maximum absolute atomic E-state index is 12.0. The highest BCUT2D eigenvalue weighted by atomic mass is 19.4. The lowest BCUT2D eigenvalue weighted by Gasteiger charge is -2.14. The van der Waals surface area contributed by atoms with Crippen LogP contribution in [0.3, 0.4) is 0 Å². The summed E-state index contributed by atoms with van der Waals surface area (Å²) in [6.07, 6.45) is -5.27. The zero-order valence-corrected chi connectivity index (χ0v) is 13.6. The van der Waals surface area contributed by atoms with Gasteiger partial charge in [0.2, 0.25) is 0 Å². The van der Waals surface area contributed by atoms with Crippen LogP contribution in [-0.4, -0.2) is 45.5 Å². The molecule has 0 saturated carbocycles. The Morgan fingerprint density at radius 2 is 2.19 bits per heavy atom. The number of rotatable bonds is 3. The maximum Gasteiger partial charge on any atom is 0.471 e. The van der Waals surface area contributed by atoms with Gasteiger partial charge in [0, 0.05) is 12.6 Å². The zero-order valence-electron chi connectivity index (χ0n) is 13.6. The number of hydrogen-bond donors (Lipinski definition) is 3. The van der Waals surface area contributed by atoms with E-state index in [0.29, 0.717) is 6.42 Å². The number of nitrogens with one attached hydrogen (secondary N) is 2. The molecule has 26 heavy (non-hydrogen) atoms. The molecule has 0 aliphatic carbocycles. The Hall–Kier alpha value is -2.58. The van der Waals surface area contributed by atoms with Gasteiger partial charge in [0.1, 0.15) is 11.8 Å². The van der Waals surface area contributed by atoms with Crippen molar-refractivity contribution >= 4 is 5.91 Å². The quantitative estimate of drug-likeness (QED) is 0.624. The Bertz CT molecular complexity index is 849. The zero-order chi connectivity index (χ0) is 19.5. The van der Waals surface area contributed by atoms with Crippen molar-refractivity contribution in [3.8, 4) is 11.8 Å². The molecule has 1 saturated heterocycles. The van der Waals surface area contributed by atoms with Gasteiger partial charge in [0.25, 0.3) is 5.56 Å². The van der Waals surface area contributed by atoms with Crippen molar-refractivity contribution in [2.75, 3.05) is 6.54 Å². The fourth-order valence-electron chi connectivity index (χ4n) is 2.41. The van der Waals surface area contributed by atoms with Crippen molar-refractivity contribution in [1.82, 2.24) is 14.9 Å². The normalized spacial score (nSPS) is 22.6. The molecular formula is C15H16F3N3O5. The lowest BCUT2D eigenvalue weighted by molar-refractivity contribution is -0.173. The van der Waals surface area contributed by atoms with Crippen LogP contribution in [0.1, 0.15) is 31.6 Å². The van der Waals surface area contributed by atoms with Gasteiger partial charge in [-0.25, -0.2) is 4.79 Å². The first kappa shape index (κ1) is 19.7. The number of amides is 1. The summed E-state index contributed by atoms with van der Waals surface area (Å²) in [5.74, 6) is 2.35. The fourth-order valence-corrected chi connectivity index (χ4v) is 2.41. The number of carbonyl (C=O) groups is 1. The van der Waals surface area contributed by atoms with Gasteiger partial charge in [0.15, 0.2) is 0 Å². The predicted molar refractivity (Wildman–Crippen MR) is 82.1 cm³/mol. The van der Waals surface area contributed by atoms with Gasteiger partial charge in [-0.05, 0) is 6.42 Å². The first-order chi connectivity index (χ1) is 12.1. The van der Waals surface area contributed by atoms with Gasteiger partial charge in [-0.2, -0.15) is 13.2 Å². The number of H-pyrrole nitrogens is 1. The molecule has 142 valence electrons. The lowest BCUT2D eigenvalue weighted by atomic mass is 10.1. The molecule has 0 radical (unpaired) electrons. The van der Waals surface area contributed by atoms with Crippen LogP contribution >= 0.6 is 0 Å². The van der Waals surface area contributed by atoms with Crippen molar-refractivity contribution in [2.45, 2.75) is 44.4 Å². The summed E-state index contributed by atoms with van der Waals surface area (Å²) >= 11 is 0. The summed E-state index contributed by atoms with van der Waals surface area (Å²) in [7, 11) is 0. The number of alkyl halides is 3. The minimum Gasteiger partial charge on any atom is -0.390 e. The van der Waals surface area contributed by atoms with Crippen LogP contribution in [-0.2, 0) is 9.53 Å². The van der Waals surface area contributed by atoms with E-state index in [2.05, 4.69) is 11.8 Å². The van der Waals surface area contributed by atoms with E-state index >= 15 is 0 Å².